The first-order chi connectivity index (χ1) is 6.83. The molecule has 3 N–H and O–H groups in total. The Kier molecular flexibility index (Phi) is 2.47. The van der Waals surface area contributed by atoms with Gasteiger partial charge in [0.05, 0.1) is 0 Å². The van der Waals surface area contributed by atoms with Crippen LogP contribution >= 0.6 is 0 Å². The Morgan fingerprint density at radius 3 is 3.00 bits per heavy atom. The topological polar surface area (TPSA) is 72.3 Å². The summed E-state index contributed by atoms with van der Waals surface area (Å²) in [6, 6.07) is 7.45. The maximum Gasteiger partial charge on any atom is 0.167 e. The summed E-state index contributed by atoms with van der Waals surface area (Å²) in [4.78, 5) is 0. The Bertz CT molecular complexity index is 425. The van der Waals surface area contributed by atoms with E-state index in [1.54, 1.807) is 0 Å². The maximum absolute atomic E-state index is 9.70. The predicted octanol–water partition coefficient (Wildman–Crippen LogP) is 1.21. The van der Waals surface area contributed by atoms with Crippen LogP contribution in [0.3, 0.4) is 0 Å². The number of nitrogens with two attached hydrogens (primary N) is 1. The highest BCUT2D eigenvalue weighted by molar-refractivity contribution is 5.79. The minimum Gasteiger partial charge on any atom is -0.387 e. The molecule has 0 spiro atoms. The quantitative estimate of drug-likeness (QED) is 0.766. The number of fused-ring (bicyclic) bond motifs is 1. The minimum atomic E-state index is -0.636. The fourth-order valence-corrected chi connectivity index (χ4v) is 1.44. The van der Waals surface area contributed by atoms with Gasteiger partial charge >= 0.3 is 0 Å². The van der Waals surface area contributed by atoms with E-state index in [0.29, 0.717) is 24.2 Å². The molecule has 0 saturated carbocycles. The van der Waals surface area contributed by atoms with Gasteiger partial charge in [-0.1, -0.05) is 17.3 Å². The van der Waals surface area contributed by atoms with Gasteiger partial charge in [0.2, 0.25) is 0 Å². The van der Waals surface area contributed by atoms with Gasteiger partial charge in [0, 0.05) is 5.39 Å². The Hall–Kier alpha value is -1.39. The molecule has 0 aliphatic carbocycles. The maximum atomic E-state index is 9.70. The number of rotatable bonds is 3. The normalized spacial score (nSPS) is 13.3. The average Bonchev–Trinajstić information content (AvgIpc) is 2.61. The average molecular weight is 192 g/mol. The molecular weight excluding hydrogens is 180 g/mol. The van der Waals surface area contributed by atoms with E-state index in [1.807, 2.05) is 24.3 Å². The monoisotopic (exact) mass is 192 g/mol. The van der Waals surface area contributed by atoms with Gasteiger partial charge in [-0.15, -0.1) is 0 Å². The summed E-state index contributed by atoms with van der Waals surface area (Å²) in [5, 5.41) is 14.4. The van der Waals surface area contributed by atoms with Crippen LogP contribution < -0.4 is 5.73 Å². The van der Waals surface area contributed by atoms with Crippen molar-refractivity contribution in [2.24, 2.45) is 5.73 Å². The molecular formula is C10H12N2O2. The third kappa shape index (κ3) is 1.49. The zero-order valence-corrected chi connectivity index (χ0v) is 7.68. The highest BCUT2D eigenvalue weighted by Crippen LogP contribution is 2.24. The first-order valence-corrected chi connectivity index (χ1v) is 4.55. The lowest BCUT2D eigenvalue weighted by Crippen LogP contribution is -2.07. The van der Waals surface area contributed by atoms with E-state index >= 15 is 0 Å². The van der Waals surface area contributed by atoms with E-state index in [1.165, 1.54) is 0 Å². The molecule has 1 aromatic carbocycles. The third-order valence-corrected chi connectivity index (χ3v) is 2.16. The van der Waals surface area contributed by atoms with Crippen LogP contribution in [0.15, 0.2) is 28.8 Å². The van der Waals surface area contributed by atoms with Crippen LogP contribution in [0.25, 0.3) is 11.0 Å². The number of benzene rings is 1. The Balaban J connectivity index is 2.42. The van der Waals surface area contributed by atoms with Crippen molar-refractivity contribution in [1.29, 1.82) is 0 Å². The van der Waals surface area contributed by atoms with Gasteiger partial charge < -0.3 is 15.4 Å². The molecule has 1 atom stereocenters. The van der Waals surface area contributed by atoms with E-state index < -0.39 is 6.10 Å². The lowest BCUT2D eigenvalue weighted by Gasteiger charge is -2.04. The van der Waals surface area contributed by atoms with Crippen LogP contribution in [0.1, 0.15) is 18.2 Å². The van der Waals surface area contributed by atoms with Crippen molar-refractivity contribution in [2.45, 2.75) is 12.5 Å². The summed E-state index contributed by atoms with van der Waals surface area (Å²) in [7, 11) is 0. The van der Waals surface area contributed by atoms with Crippen LogP contribution in [0.5, 0.6) is 0 Å². The van der Waals surface area contributed by atoms with Crippen molar-refractivity contribution in [1.82, 2.24) is 5.16 Å². The van der Waals surface area contributed by atoms with Crippen LogP contribution in [-0.2, 0) is 0 Å². The summed E-state index contributed by atoms with van der Waals surface area (Å²) < 4.78 is 5.07. The highest BCUT2D eigenvalue weighted by Gasteiger charge is 2.15. The summed E-state index contributed by atoms with van der Waals surface area (Å²) in [5.41, 5.74) is 6.63. The Labute approximate surface area is 81.3 Å². The predicted molar refractivity (Wildman–Crippen MR) is 52.6 cm³/mol. The second kappa shape index (κ2) is 3.77. The van der Waals surface area contributed by atoms with E-state index in [0.717, 1.165) is 5.39 Å². The number of aliphatic hydroxyl groups is 1. The molecule has 0 fully saturated rings. The molecule has 4 nitrogen and oxygen atoms in total. The fourth-order valence-electron chi connectivity index (χ4n) is 1.44. The second-order valence-electron chi connectivity index (χ2n) is 3.16. The summed E-state index contributed by atoms with van der Waals surface area (Å²) in [6.07, 6.45) is -0.139. The smallest absolute Gasteiger partial charge is 0.167 e. The van der Waals surface area contributed by atoms with Crippen molar-refractivity contribution < 1.29 is 9.63 Å². The fraction of sp³-hybridized carbons (Fsp3) is 0.300. The van der Waals surface area contributed by atoms with E-state index in [2.05, 4.69) is 5.16 Å². The molecule has 1 heterocycles. The highest BCUT2D eigenvalue weighted by atomic mass is 16.5. The lowest BCUT2D eigenvalue weighted by molar-refractivity contribution is 0.162. The van der Waals surface area contributed by atoms with Crippen molar-refractivity contribution >= 4 is 11.0 Å². The van der Waals surface area contributed by atoms with E-state index in [-0.39, 0.29) is 0 Å². The van der Waals surface area contributed by atoms with Crippen LogP contribution in [-0.4, -0.2) is 16.8 Å². The zero-order chi connectivity index (χ0) is 9.97. The molecule has 0 saturated heterocycles. The van der Waals surface area contributed by atoms with Crippen molar-refractivity contribution in [3.05, 3.63) is 30.0 Å². The van der Waals surface area contributed by atoms with Crippen LogP contribution in [0.2, 0.25) is 0 Å². The van der Waals surface area contributed by atoms with Crippen molar-refractivity contribution in [3.8, 4) is 0 Å². The van der Waals surface area contributed by atoms with Gasteiger partial charge in [-0.05, 0) is 25.1 Å². The number of nitrogens with zero attached hydrogens (tertiary/aromatic N) is 1. The second-order valence-corrected chi connectivity index (χ2v) is 3.16. The Morgan fingerprint density at radius 2 is 2.21 bits per heavy atom. The number of aliphatic hydroxyl groups excluding tert-OH is 1. The zero-order valence-electron chi connectivity index (χ0n) is 7.68. The largest absolute Gasteiger partial charge is 0.387 e. The van der Waals surface area contributed by atoms with Crippen molar-refractivity contribution in [3.63, 3.8) is 0 Å². The van der Waals surface area contributed by atoms with Gasteiger partial charge in [0.25, 0.3) is 0 Å². The molecule has 1 unspecified atom stereocenters. The molecule has 14 heavy (non-hydrogen) atoms. The standard InChI is InChI=1S/C10H12N2O2/c11-6-5-8(13)10-7-3-1-2-4-9(7)14-12-10/h1-4,8,13H,5-6,11H2. The molecule has 0 bridgehead atoms. The first-order valence-electron chi connectivity index (χ1n) is 4.55. The Morgan fingerprint density at radius 1 is 1.43 bits per heavy atom. The minimum absolute atomic E-state index is 0.433. The van der Waals surface area contributed by atoms with Crippen LogP contribution in [0, 0.1) is 0 Å². The molecule has 74 valence electrons. The van der Waals surface area contributed by atoms with Crippen LogP contribution in [0.4, 0.5) is 0 Å². The summed E-state index contributed by atoms with van der Waals surface area (Å²) in [5.74, 6) is 0. The molecule has 2 rings (SSSR count). The summed E-state index contributed by atoms with van der Waals surface area (Å²) >= 11 is 0. The first kappa shape index (κ1) is 9.18. The molecule has 4 heteroatoms. The van der Waals surface area contributed by atoms with Gasteiger partial charge in [-0.2, -0.15) is 0 Å². The molecule has 1 aromatic heterocycles. The van der Waals surface area contributed by atoms with Crippen molar-refractivity contribution in [2.75, 3.05) is 6.54 Å². The number of hydrogen-bond acceptors (Lipinski definition) is 4. The summed E-state index contributed by atoms with van der Waals surface area (Å²) in [6.45, 7) is 0.433. The third-order valence-electron chi connectivity index (χ3n) is 2.16. The van der Waals surface area contributed by atoms with Gasteiger partial charge in [-0.25, -0.2) is 0 Å². The molecule has 0 amide bonds. The molecule has 2 aromatic rings. The number of para-hydroxylation sites is 1. The molecule has 0 aliphatic rings. The van der Waals surface area contributed by atoms with Gasteiger partial charge in [0.1, 0.15) is 11.8 Å². The van der Waals surface area contributed by atoms with Gasteiger partial charge in [0.15, 0.2) is 5.58 Å². The molecule has 0 aliphatic heterocycles. The lowest BCUT2D eigenvalue weighted by atomic mass is 10.1. The number of aromatic nitrogens is 1. The van der Waals surface area contributed by atoms with E-state index in [9.17, 15) is 5.11 Å². The number of hydrogen-bond donors (Lipinski definition) is 2. The van der Waals surface area contributed by atoms with Gasteiger partial charge in [-0.3, -0.25) is 0 Å². The SMILES string of the molecule is NCCC(O)c1noc2ccccc12. The molecule has 0 radical (unpaired) electrons. The van der Waals surface area contributed by atoms with E-state index in [4.69, 9.17) is 10.3 Å².